The summed E-state index contributed by atoms with van der Waals surface area (Å²) in [7, 11) is -2.10. The molecule has 0 radical (unpaired) electrons. The van der Waals surface area contributed by atoms with E-state index in [-0.39, 0.29) is 0 Å². The van der Waals surface area contributed by atoms with Crippen molar-refractivity contribution < 1.29 is 8.85 Å². The first-order valence-corrected chi connectivity index (χ1v) is 11.4. The van der Waals surface area contributed by atoms with Gasteiger partial charge >= 0.3 is 8.56 Å². The molecule has 0 heterocycles. The lowest BCUT2D eigenvalue weighted by molar-refractivity contribution is 0.131. The molecule has 0 saturated heterocycles. The predicted octanol–water partition coefficient (Wildman–Crippen LogP) is 5.66. The third-order valence-corrected chi connectivity index (χ3v) is 10.9. The predicted molar refractivity (Wildman–Crippen MR) is 91.8 cm³/mol. The molecular weight excluding hydrogens is 276 g/mol. The van der Waals surface area contributed by atoms with Crippen LogP contribution < -0.4 is 0 Å². The minimum Gasteiger partial charge on any atom is -0.394 e. The monoisotopic (exact) mass is 312 g/mol. The molecule has 0 amide bonds. The van der Waals surface area contributed by atoms with E-state index >= 15 is 0 Å². The average molecular weight is 313 g/mol. The van der Waals surface area contributed by atoms with Crippen LogP contribution in [-0.4, -0.2) is 21.8 Å². The molecule has 4 unspecified atom stereocenters. The summed E-state index contributed by atoms with van der Waals surface area (Å²) in [5, 5.41) is 0. The molecule has 2 rings (SSSR count). The van der Waals surface area contributed by atoms with Crippen LogP contribution in [0.4, 0.5) is 0 Å². The van der Waals surface area contributed by atoms with Gasteiger partial charge in [-0.15, -0.1) is 0 Å². The zero-order chi connectivity index (χ0) is 15.3. The van der Waals surface area contributed by atoms with E-state index in [1.807, 2.05) is 0 Å². The normalized spacial score (nSPS) is 34.9. The lowest BCUT2D eigenvalue weighted by Gasteiger charge is -2.48. The van der Waals surface area contributed by atoms with Crippen molar-refractivity contribution in [2.24, 2.45) is 11.8 Å². The Labute approximate surface area is 133 Å². The summed E-state index contributed by atoms with van der Waals surface area (Å²) < 4.78 is 13.2. The molecule has 2 aliphatic rings. The van der Waals surface area contributed by atoms with E-state index in [9.17, 15) is 0 Å². The lowest BCUT2D eigenvalue weighted by Crippen LogP contribution is -2.54. The summed E-state index contributed by atoms with van der Waals surface area (Å²) in [6.07, 6.45) is 11.0. The quantitative estimate of drug-likeness (QED) is 0.589. The summed E-state index contributed by atoms with van der Waals surface area (Å²) in [5.74, 6) is 1.65. The van der Waals surface area contributed by atoms with Gasteiger partial charge in [-0.2, -0.15) is 0 Å². The Morgan fingerprint density at radius 3 is 2.10 bits per heavy atom. The molecule has 0 bridgehead atoms. The molecular formula is C18H36O2Si. The van der Waals surface area contributed by atoms with Gasteiger partial charge in [0.05, 0.1) is 0 Å². The van der Waals surface area contributed by atoms with Crippen molar-refractivity contribution in [1.82, 2.24) is 0 Å². The highest BCUT2D eigenvalue weighted by Gasteiger charge is 2.54. The van der Waals surface area contributed by atoms with Crippen LogP contribution in [0.1, 0.15) is 79.1 Å². The van der Waals surface area contributed by atoms with Crippen molar-refractivity contribution >= 4 is 8.56 Å². The van der Waals surface area contributed by atoms with Crippen molar-refractivity contribution in [3.05, 3.63) is 0 Å². The van der Waals surface area contributed by atoms with E-state index < -0.39 is 8.56 Å². The lowest BCUT2D eigenvalue weighted by atomic mass is 9.89. The smallest absolute Gasteiger partial charge is 0.344 e. The van der Waals surface area contributed by atoms with Crippen LogP contribution in [0, 0.1) is 11.8 Å². The van der Waals surface area contributed by atoms with Crippen molar-refractivity contribution in [2.45, 2.75) is 90.1 Å². The molecule has 3 heteroatoms. The summed E-state index contributed by atoms with van der Waals surface area (Å²) in [4.78, 5) is 0. The average Bonchev–Trinajstić information content (AvgIpc) is 2.47. The Bertz CT molecular complexity index is 302. The minimum atomic E-state index is -2.10. The molecule has 124 valence electrons. The molecule has 0 spiro atoms. The first kappa shape index (κ1) is 17.5. The number of hydrogen-bond acceptors (Lipinski definition) is 2. The van der Waals surface area contributed by atoms with E-state index in [0.29, 0.717) is 0 Å². The van der Waals surface area contributed by atoms with E-state index in [1.165, 1.54) is 51.4 Å². The summed E-state index contributed by atoms with van der Waals surface area (Å²) in [6, 6.07) is 0. The van der Waals surface area contributed by atoms with Gasteiger partial charge in [-0.25, -0.2) is 0 Å². The molecule has 0 aromatic carbocycles. The molecule has 4 atom stereocenters. The van der Waals surface area contributed by atoms with Gasteiger partial charge in [0, 0.05) is 24.3 Å². The van der Waals surface area contributed by atoms with Crippen LogP contribution in [0.3, 0.4) is 0 Å². The van der Waals surface area contributed by atoms with Gasteiger partial charge in [-0.3, -0.25) is 0 Å². The van der Waals surface area contributed by atoms with Crippen molar-refractivity contribution in [2.75, 3.05) is 13.2 Å². The highest BCUT2D eigenvalue weighted by Crippen LogP contribution is 2.52. The Balaban J connectivity index is 2.26. The van der Waals surface area contributed by atoms with Crippen LogP contribution in [-0.2, 0) is 8.85 Å². The molecule has 0 aliphatic heterocycles. The van der Waals surface area contributed by atoms with Gasteiger partial charge in [-0.05, 0) is 44.9 Å². The maximum atomic E-state index is 6.58. The van der Waals surface area contributed by atoms with Gasteiger partial charge < -0.3 is 8.85 Å². The Hall–Kier alpha value is 0.137. The van der Waals surface area contributed by atoms with Gasteiger partial charge in [-0.1, -0.05) is 46.0 Å². The fourth-order valence-electron chi connectivity index (χ4n) is 4.96. The molecule has 21 heavy (non-hydrogen) atoms. The van der Waals surface area contributed by atoms with Crippen LogP contribution in [0.15, 0.2) is 0 Å². The Morgan fingerprint density at radius 2 is 1.52 bits per heavy atom. The second-order valence-electron chi connectivity index (χ2n) is 7.42. The van der Waals surface area contributed by atoms with Crippen molar-refractivity contribution in [3.8, 4) is 0 Å². The van der Waals surface area contributed by atoms with Crippen LogP contribution in [0.25, 0.3) is 0 Å². The Kier molecular flexibility index (Phi) is 6.76. The van der Waals surface area contributed by atoms with Gasteiger partial charge in [0.15, 0.2) is 0 Å². The van der Waals surface area contributed by atoms with E-state index in [2.05, 4.69) is 27.7 Å². The first-order valence-electron chi connectivity index (χ1n) is 9.41. The maximum Gasteiger partial charge on any atom is 0.344 e. The zero-order valence-corrected chi connectivity index (χ0v) is 15.7. The van der Waals surface area contributed by atoms with E-state index in [4.69, 9.17) is 8.85 Å². The maximum absolute atomic E-state index is 6.58. The molecule has 2 fully saturated rings. The molecule has 2 aliphatic carbocycles. The van der Waals surface area contributed by atoms with Gasteiger partial charge in [0.1, 0.15) is 0 Å². The summed E-state index contributed by atoms with van der Waals surface area (Å²) >= 11 is 0. The molecule has 0 N–H and O–H groups in total. The fourth-order valence-corrected chi connectivity index (χ4v) is 10.4. The summed E-state index contributed by atoms with van der Waals surface area (Å²) in [6.45, 7) is 10.9. The number of rotatable bonds is 6. The third kappa shape index (κ3) is 3.91. The topological polar surface area (TPSA) is 18.5 Å². The van der Waals surface area contributed by atoms with Crippen LogP contribution in [0.2, 0.25) is 11.1 Å². The Morgan fingerprint density at radius 1 is 0.857 bits per heavy atom. The summed E-state index contributed by atoms with van der Waals surface area (Å²) in [5.41, 5.74) is 1.45. The van der Waals surface area contributed by atoms with E-state index in [0.717, 1.165) is 36.1 Å². The SMILES string of the molecule is CCO[Si](OCC)(C1CCCC(C)C1)C1CCCCC1C. The molecule has 0 aromatic heterocycles. The van der Waals surface area contributed by atoms with E-state index in [1.54, 1.807) is 0 Å². The largest absolute Gasteiger partial charge is 0.394 e. The second-order valence-corrected chi connectivity index (χ2v) is 11.0. The molecule has 0 aromatic rings. The van der Waals surface area contributed by atoms with Gasteiger partial charge in [0.25, 0.3) is 0 Å². The molecule has 2 nitrogen and oxygen atoms in total. The van der Waals surface area contributed by atoms with Crippen LogP contribution >= 0.6 is 0 Å². The van der Waals surface area contributed by atoms with Crippen LogP contribution in [0.5, 0.6) is 0 Å². The van der Waals surface area contributed by atoms with Crippen molar-refractivity contribution in [3.63, 3.8) is 0 Å². The standard InChI is InChI=1S/C18H36O2Si/c1-5-19-21(20-6-2,17-12-9-10-15(3)14-17)18-13-8-7-11-16(18)4/h15-18H,5-14H2,1-4H3. The van der Waals surface area contributed by atoms with Crippen molar-refractivity contribution in [1.29, 1.82) is 0 Å². The highest BCUT2D eigenvalue weighted by atomic mass is 28.4. The highest BCUT2D eigenvalue weighted by molar-refractivity contribution is 6.70. The zero-order valence-electron chi connectivity index (χ0n) is 14.7. The number of hydrogen-bond donors (Lipinski definition) is 0. The third-order valence-electron chi connectivity index (χ3n) is 5.87. The second kappa shape index (κ2) is 8.12. The molecule has 2 saturated carbocycles. The van der Waals surface area contributed by atoms with Gasteiger partial charge in [0.2, 0.25) is 0 Å². The first-order chi connectivity index (χ1) is 10.1. The minimum absolute atomic E-state index is 0.724. The fraction of sp³-hybridized carbons (Fsp3) is 1.00.